The average Bonchev–Trinajstić information content (AvgIpc) is 3.20. The third kappa shape index (κ3) is 3.84. The minimum Gasteiger partial charge on any atom is -0.465 e. The van der Waals surface area contributed by atoms with Crippen molar-refractivity contribution < 1.29 is 9.53 Å². The molecule has 1 aliphatic rings. The van der Waals surface area contributed by atoms with Gasteiger partial charge in [0.2, 0.25) is 0 Å². The van der Waals surface area contributed by atoms with E-state index in [9.17, 15) is 4.79 Å². The summed E-state index contributed by atoms with van der Waals surface area (Å²) in [6, 6.07) is 8.15. The number of esters is 1. The number of methoxy groups -OCH3 is 1. The summed E-state index contributed by atoms with van der Waals surface area (Å²) in [7, 11) is 1.40. The lowest BCUT2D eigenvalue weighted by Crippen LogP contribution is -2.25. The SMILES string of the molecule is COC(=O)c1ccc(CNC(C)CC2CC2)cc1. The van der Waals surface area contributed by atoms with Crippen molar-refractivity contribution in [3.8, 4) is 0 Å². The molecule has 1 saturated carbocycles. The van der Waals surface area contributed by atoms with Crippen LogP contribution in [0.2, 0.25) is 0 Å². The zero-order valence-electron chi connectivity index (χ0n) is 11.1. The summed E-state index contributed by atoms with van der Waals surface area (Å²) >= 11 is 0. The summed E-state index contributed by atoms with van der Waals surface area (Å²) in [4.78, 5) is 11.3. The van der Waals surface area contributed by atoms with Gasteiger partial charge in [-0.15, -0.1) is 0 Å². The first-order valence-electron chi connectivity index (χ1n) is 6.59. The molecule has 0 saturated heterocycles. The Morgan fingerprint density at radius 3 is 2.61 bits per heavy atom. The Bertz CT molecular complexity index is 395. The second-order valence-electron chi connectivity index (χ2n) is 5.15. The van der Waals surface area contributed by atoms with E-state index in [2.05, 4.69) is 17.0 Å². The molecule has 0 spiro atoms. The molecule has 3 heteroatoms. The maximum Gasteiger partial charge on any atom is 0.337 e. The molecule has 1 aromatic carbocycles. The minimum atomic E-state index is -0.281. The third-order valence-corrected chi connectivity index (χ3v) is 3.41. The average molecular weight is 247 g/mol. The summed E-state index contributed by atoms with van der Waals surface area (Å²) in [5, 5.41) is 3.52. The molecule has 1 atom stereocenters. The lowest BCUT2D eigenvalue weighted by Gasteiger charge is -2.13. The van der Waals surface area contributed by atoms with Crippen molar-refractivity contribution in [2.75, 3.05) is 7.11 Å². The van der Waals surface area contributed by atoms with E-state index in [1.807, 2.05) is 24.3 Å². The van der Waals surface area contributed by atoms with Gasteiger partial charge in [-0.05, 0) is 37.0 Å². The molecule has 0 radical (unpaired) electrons. The maximum atomic E-state index is 11.3. The molecule has 0 aliphatic heterocycles. The molecule has 18 heavy (non-hydrogen) atoms. The first-order chi connectivity index (χ1) is 8.69. The van der Waals surface area contributed by atoms with Gasteiger partial charge in [-0.3, -0.25) is 0 Å². The van der Waals surface area contributed by atoms with E-state index in [0.29, 0.717) is 11.6 Å². The molecule has 98 valence electrons. The van der Waals surface area contributed by atoms with Crippen LogP contribution >= 0.6 is 0 Å². The van der Waals surface area contributed by atoms with Crippen molar-refractivity contribution in [3.63, 3.8) is 0 Å². The number of hydrogen-bond acceptors (Lipinski definition) is 3. The van der Waals surface area contributed by atoms with Crippen molar-refractivity contribution in [1.29, 1.82) is 0 Å². The lowest BCUT2D eigenvalue weighted by molar-refractivity contribution is 0.0600. The molecule has 2 rings (SSSR count). The van der Waals surface area contributed by atoms with Gasteiger partial charge >= 0.3 is 5.97 Å². The highest BCUT2D eigenvalue weighted by Gasteiger charge is 2.23. The van der Waals surface area contributed by atoms with E-state index in [-0.39, 0.29) is 5.97 Å². The highest BCUT2D eigenvalue weighted by Crippen LogP contribution is 2.33. The number of hydrogen-bond donors (Lipinski definition) is 1. The molecular formula is C15H21NO2. The van der Waals surface area contributed by atoms with Crippen LogP contribution in [0.4, 0.5) is 0 Å². The monoisotopic (exact) mass is 247 g/mol. The zero-order valence-corrected chi connectivity index (χ0v) is 11.1. The second-order valence-corrected chi connectivity index (χ2v) is 5.15. The summed E-state index contributed by atoms with van der Waals surface area (Å²) in [6.07, 6.45) is 4.08. The minimum absolute atomic E-state index is 0.281. The fourth-order valence-corrected chi connectivity index (χ4v) is 2.11. The van der Waals surface area contributed by atoms with Crippen molar-refractivity contribution in [2.45, 2.75) is 38.8 Å². The highest BCUT2D eigenvalue weighted by atomic mass is 16.5. The molecule has 1 unspecified atom stereocenters. The normalized spacial score (nSPS) is 16.3. The van der Waals surface area contributed by atoms with Crippen molar-refractivity contribution in [2.24, 2.45) is 5.92 Å². The van der Waals surface area contributed by atoms with Gasteiger partial charge in [0.1, 0.15) is 0 Å². The van der Waals surface area contributed by atoms with Crippen molar-refractivity contribution in [1.82, 2.24) is 5.32 Å². The number of ether oxygens (including phenoxy) is 1. The Kier molecular flexibility index (Phi) is 4.37. The van der Waals surface area contributed by atoms with E-state index >= 15 is 0 Å². The van der Waals surface area contributed by atoms with Gasteiger partial charge in [0.05, 0.1) is 12.7 Å². The summed E-state index contributed by atoms with van der Waals surface area (Å²) in [5.74, 6) is 0.672. The number of carbonyl (C=O) groups excluding carboxylic acids is 1. The van der Waals surface area contributed by atoms with Crippen LogP contribution in [0.3, 0.4) is 0 Å². The molecule has 0 bridgehead atoms. The molecule has 1 aromatic rings. The quantitative estimate of drug-likeness (QED) is 0.785. The fraction of sp³-hybridized carbons (Fsp3) is 0.533. The Morgan fingerprint density at radius 2 is 2.06 bits per heavy atom. The standard InChI is InChI=1S/C15H21NO2/c1-11(9-12-3-4-12)16-10-13-5-7-14(8-6-13)15(17)18-2/h5-8,11-12,16H,3-4,9-10H2,1-2H3. The number of rotatable bonds is 6. The Hall–Kier alpha value is -1.35. The molecule has 0 amide bonds. The molecule has 1 N–H and O–H groups in total. The molecule has 0 heterocycles. The summed E-state index contributed by atoms with van der Waals surface area (Å²) in [6.45, 7) is 3.09. The summed E-state index contributed by atoms with van der Waals surface area (Å²) in [5.41, 5.74) is 1.80. The van der Waals surface area contributed by atoms with Gasteiger partial charge in [0.15, 0.2) is 0 Å². The number of nitrogens with one attached hydrogen (secondary N) is 1. The summed E-state index contributed by atoms with van der Waals surface area (Å²) < 4.78 is 4.67. The largest absolute Gasteiger partial charge is 0.465 e. The van der Waals surface area contributed by atoms with E-state index in [0.717, 1.165) is 12.5 Å². The van der Waals surface area contributed by atoms with E-state index in [1.54, 1.807) is 0 Å². The van der Waals surface area contributed by atoms with Crippen LogP contribution in [0.5, 0.6) is 0 Å². The van der Waals surface area contributed by atoms with E-state index < -0.39 is 0 Å². The van der Waals surface area contributed by atoms with Crippen LogP contribution < -0.4 is 5.32 Å². The highest BCUT2D eigenvalue weighted by molar-refractivity contribution is 5.89. The predicted molar refractivity (Wildman–Crippen MR) is 71.4 cm³/mol. The van der Waals surface area contributed by atoms with Crippen LogP contribution in [0, 0.1) is 5.92 Å². The number of carbonyl (C=O) groups is 1. The second kappa shape index (κ2) is 6.01. The maximum absolute atomic E-state index is 11.3. The van der Waals surface area contributed by atoms with Gasteiger partial charge in [-0.1, -0.05) is 25.0 Å². The van der Waals surface area contributed by atoms with Crippen LogP contribution in [0.25, 0.3) is 0 Å². The van der Waals surface area contributed by atoms with Crippen LogP contribution in [-0.2, 0) is 11.3 Å². The van der Waals surface area contributed by atoms with Gasteiger partial charge in [-0.2, -0.15) is 0 Å². The van der Waals surface area contributed by atoms with Crippen molar-refractivity contribution in [3.05, 3.63) is 35.4 Å². The Labute approximate surface area is 109 Å². The van der Waals surface area contributed by atoms with Crippen LogP contribution in [0.1, 0.15) is 42.1 Å². The van der Waals surface area contributed by atoms with Gasteiger partial charge < -0.3 is 10.1 Å². The first kappa shape index (κ1) is 13.1. The van der Waals surface area contributed by atoms with Gasteiger partial charge in [0, 0.05) is 12.6 Å². The van der Waals surface area contributed by atoms with Crippen LogP contribution in [0.15, 0.2) is 24.3 Å². The predicted octanol–water partition coefficient (Wildman–Crippen LogP) is 2.75. The third-order valence-electron chi connectivity index (χ3n) is 3.41. The Morgan fingerprint density at radius 1 is 1.39 bits per heavy atom. The zero-order chi connectivity index (χ0) is 13.0. The lowest BCUT2D eigenvalue weighted by atomic mass is 10.1. The fourth-order valence-electron chi connectivity index (χ4n) is 2.11. The van der Waals surface area contributed by atoms with E-state index in [4.69, 9.17) is 0 Å². The first-order valence-corrected chi connectivity index (χ1v) is 6.59. The molecule has 1 aliphatic carbocycles. The smallest absolute Gasteiger partial charge is 0.337 e. The van der Waals surface area contributed by atoms with E-state index in [1.165, 1.54) is 31.9 Å². The molecule has 0 aromatic heterocycles. The van der Waals surface area contributed by atoms with Gasteiger partial charge in [0.25, 0.3) is 0 Å². The Balaban J connectivity index is 1.80. The van der Waals surface area contributed by atoms with Gasteiger partial charge in [-0.25, -0.2) is 4.79 Å². The van der Waals surface area contributed by atoms with Crippen LogP contribution in [-0.4, -0.2) is 19.1 Å². The molecule has 1 fully saturated rings. The number of benzene rings is 1. The van der Waals surface area contributed by atoms with Crippen molar-refractivity contribution >= 4 is 5.97 Å². The molecular weight excluding hydrogens is 226 g/mol. The molecule has 3 nitrogen and oxygen atoms in total. The topological polar surface area (TPSA) is 38.3 Å².